The lowest BCUT2D eigenvalue weighted by molar-refractivity contribution is -0.146. The van der Waals surface area contributed by atoms with Crippen LogP contribution in [-0.4, -0.2) is 42.6 Å². The van der Waals surface area contributed by atoms with Gasteiger partial charge in [0.15, 0.2) is 0 Å². The van der Waals surface area contributed by atoms with Crippen molar-refractivity contribution in [2.24, 2.45) is 5.41 Å². The quantitative estimate of drug-likeness (QED) is 0.513. The lowest BCUT2D eigenvalue weighted by atomic mass is 9.94. The normalized spacial score (nSPS) is 10.6. The molecule has 0 heterocycles. The minimum Gasteiger partial charge on any atom is -0.481 e. The zero-order valence-corrected chi connectivity index (χ0v) is 11.0. The van der Waals surface area contributed by atoms with Crippen LogP contribution in [0.25, 0.3) is 0 Å². The molecular weight excluding hydrogens is 238 g/mol. The molecule has 0 aliphatic carbocycles. The van der Waals surface area contributed by atoms with Crippen LogP contribution in [0.1, 0.15) is 27.2 Å². The molecule has 0 spiro atoms. The Morgan fingerprint density at radius 2 is 1.72 bits per heavy atom. The Morgan fingerprint density at radius 1 is 1.11 bits per heavy atom. The van der Waals surface area contributed by atoms with E-state index >= 15 is 0 Å². The van der Waals surface area contributed by atoms with Gasteiger partial charge in [0.2, 0.25) is 5.91 Å². The molecule has 0 aliphatic rings. The number of aliphatic carboxylic acids is 1. The summed E-state index contributed by atoms with van der Waals surface area (Å²) in [6.45, 7) is 5.36. The fraction of sp³-hybridized carbons (Fsp3) is 0.727. The molecule has 0 aromatic rings. The van der Waals surface area contributed by atoms with Crippen molar-refractivity contribution in [3.63, 3.8) is 0 Å². The van der Waals surface area contributed by atoms with E-state index in [2.05, 4.69) is 16.0 Å². The van der Waals surface area contributed by atoms with E-state index in [0.717, 1.165) is 6.42 Å². The van der Waals surface area contributed by atoms with E-state index in [9.17, 15) is 14.4 Å². The van der Waals surface area contributed by atoms with Crippen LogP contribution in [-0.2, 0) is 9.59 Å². The molecule has 4 N–H and O–H groups in total. The second-order valence-electron chi connectivity index (χ2n) is 4.58. The van der Waals surface area contributed by atoms with Gasteiger partial charge in [-0.1, -0.05) is 6.92 Å². The Kier molecular flexibility index (Phi) is 6.77. The smallest absolute Gasteiger partial charge is 0.315 e. The molecule has 104 valence electrons. The van der Waals surface area contributed by atoms with E-state index in [0.29, 0.717) is 6.54 Å². The monoisotopic (exact) mass is 259 g/mol. The SMILES string of the molecule is CCCNC(=O)CNC(=O)NCC(C)(C)C(=O)O. The van der Waals surface area contributed by atoms with Crippen molar-refractivity contribution in [1.29, 1.82) is 0 Å². The molecule has 0 aliphatic heterocycles. The predicted molar refractivity (Wildman–Crippen MR) is 66.1 cm³/mol. The van der Waals surface area contributed by atoms with Crippen LogP contribution in [0.4, 0.5) is 4.79 Å². The van der Waals surface area contributed by atoms with Gasteiger partial charge >= 0.3 is 12.0 Å². The first-order chi connectivity index (χ1) is 8.29. The van der Waals surface area contributed by atoms with Crippen molar-refractivity contribution in [2.45, 2.75) is 27.2 Å². The number of hydrogen-bond donors (Lipinski definition) is 4. The van der Waals surface area contributed by atoms with Crippen molar-refractivity contribution in [1.82, 2.24) is 16.0 Å². The zero-order chi connectivity index (χ0) is 14.2. The van der Waals surface area contributed by atoms with Crippen LogP contribution in [0.15, 0.2) is 0 Å². The minimum absolute atomic E-state index is 0.00918. The summed E-state index contributed by atoms with van der Waals surface area (Å²) in [5.41, 5.74) is -1.04. The number of urea groups is 1. The Labute approximate surface area is 106 Å². The number of carboxylic acid groups (broad SMARTS) is 1. The third kappa shape index (κ3) is 6.72. The minimum atomic E-state index is -1.04. The number of carbonyl (C=O) groups is 3. The summed E-state index contributed by atoms with van der Waals surface area (Å²) in [6.07, 6.45) is 0.824. The highest BCUT2D eigenvalue weighted by molar-refractivity contribution is 5.84. The number of hydrogen-bond acceptors (Lipinski definition) is 3. The van der Waals surface area contributed by atoms with Gasteiger partial charge in [-0.05, 0) is 20.3 Å². The Balaban J connectivity index is 3.85. The van der Waals surface area contributed by atoms with Crippen LogP contribution in [0.5, 0.6) is 0 Å². The van der Waals surface area contributed by atoms with Crippen molar-refractivity contribution in [3.8, 4) is 0 Å². The summed E-state index contributed by atoms with van der Waals surface area (Å²) in [5, 5.41) is 16.2. The molecule has 0 fully saturated rings. The summed E-state index contributed by atoms with van der Waals surface area (Å²) in [7, 11) is 0. The van der Waals surface area contributed by atoms with Crippen LogP contribution in [0.3, 0.4) is 0 Å². The molecule has 0 aromatic carbocycles. The van der Waals surface area contributed by atoms with Crippen LogP contribution >= 0.6 is 0 Å². The summed E-state index contributed by atoms with van der Waals surface area (Å²) >= 11 is 0. The number of amides is 3. The number of nitrogens with one attached hydrogen (secondary N) is 3. The van der Waals surface area contributed by atoms with Crippen molar-refractivity contribution in [3.05, 3.63) is 0 Å². The van der Waals surface area contributed by atoms with Crippen LogP contribution < -0.4 is 16.0 Å². The first kappa shape index (κ1) is 16.2. The third-order valence-corrected chi connectivity index (χ3v) is 2.25. The highest BCUT2D eigenvalue weighted by Crippen LogP contribution is 2.12. The number of carboxylic acids is 1. The molecule has 18 heavy (non-hydrogen) atoms. The Hall–Kier alpha value is -1.79. The number of rotatable bonds is 7. The summed E-state index contributed by atoms with van der Waals surface area (Å²) in [5.74, 6) is -1.27. The van der Waals surface area contributed by atoms with Crippen molar-refractivity contribution in [2.75, 3.05) is 19.6 Å². The van der Waals surface area contributed by atoms with Crippen LogP contribution in [0, 0.1) is 5.41 Å². The molecule has 7 nitrogen and oxygen atoms in total. The maximum Gasteiger partial charge on any atom is 0.315 e. The van der Waals surface area contributed by atoms with E-state index in [-0.39, 0.29) is 19.0 Å². The number of carbonyl (C=O) groups excluding carboxylic acids is 2. The Morgan fingerprint density at radius 3 is 2.22 bits per heavy atom. The molecule has 0 aromatic heterocycles. The lowest BCUT2D eigenvalue weighted by Gasteiger charge is -2.19. The molecule has 7 heteroatoms. The predicted octanol–water partition coefficient (Wildman–Crippen LogP) is -0.0774. The van der Waals surface area contributed by atoms with Gasteiger partial charge in [0, 0.05) is 13.1 Å². The first-order valence-corrected chi connectivity index (χ1v) is 5.81. The van der Waals surface area contributed by atoms with E-state index in [1.54, 1.807) is 0 Å². The summed E-state index contributed by atoms with van der Waals surface area (Å²) in [6, 6.07) is -0.559. The zero-order valence-electron chi connectivity index (χ0n) is 11.0. The molecule has 0 radical (unpaired) electrons. The van der Waals surface area contributed by atoms with Crippen molar-refractivity contribution >= 4 is 17.9 Å². The van der Waals surface area contributed by atoms with Gasteiger partial charge in [-0.15, -0.1) is 0 Å². The summed E-state index contributed by atoms with van der Waals surface area (Å²) in [4.78, 5) is 33.2. The van der Waals surface area contributed by atoms with Gasteiger partial charge in [0.05, 0.1) is 12.0 Å². The van der Waals surface area contributed by atoms with Gasteiger partial charge in [-0.3, -0.25) is 9.59 Å². The van der Waals surface area contributed by atoms with E-state index < -0.39 is 17.4 Å². The largest absolute Gasteiger partial charge is 0.481 e. The van der Waals surface area contributed by atoms with E-state index in [1.807, 2.05) is 6.92 Å². The molecule has 0 atom stereocenters. The van der Waals surface area contributed by atoms with Gasteiger partial charge < -0.3 is 21.1 Å². The molecule has 0 rings (SSSR count). The second-order valence-corrected chi connectivity index (χ2v) is 4.58. The van der Waals surface area contributed by atoms with Gasteiger partial charge in [-0.2, -0.15) is 0 Å². The van der Waals surface area contributed by atoms with Crippen LogP contribution in [0.2, 0.25) is 0 Å². The van der Waals surface area contributed by atoms with E-state index in [4.69, 9.17) is 5.11 Å². The molecule has 0 saturated heterocycles. The fourth-order valence-corrected chi connectivity index (χ4v) is 0.927. The average molecular weight is 259 g/mol. The standard InChI is InChI=1S/C11H21N3O4/c1-4-5-12-8(15)6-13-10(18)14-7-11(2,3)9(16)17/h4-7H2,1-3H3,(H,12,15)(H,16,17)(H2,13,14,18). The van der Waals surface area contributed by atoms with E-state index in [1.165, 1.54) is 13.8 Å². The molecular formula is C11H21N3O4. The maximum absolute atomic E-state index is 11.3. The second kappa shape index (κ2) is 7.52. The van der Waals surface area contributed by atoms with Gasteiger partial charge in [0.25, 0.3) is 0 Å². The molecule has 0 unspecified atom stereocenters. The average Bonchev–Trinajstić information content (AvgIpc) is 2.31. The molecule has 0 bridgehead atoms. The highest BCUT2D eigenvalue weighted by atomic mass is 16.4. The highest BCUT2D eigenvalue weighted by Gasteiger charge is 2.27. The molecule has 0 saturated carbocycles. The topological polar surface area (TPSA) is 108 Å². The first-order valence-electron chi connectivity index (χ1n) is 5.81. The van der Waals surface area contributed by atoms with Crippen molar-refractivity contribution < 1.29 is 19.5 Å². The fourth-order valence-electron chi connectivity index (χ4n) is 0.927. The lowest BCUT2D eigenvalue weighted by Crippen LogP contribution is -2.46. The molecule has 3 amide bonds. The Bertz CT molecular complexity index is 315. The van der Waals surface area contributed by atoms with Gasteiger partial charge in [0.1, 0.15) is 0 Å². The van der Waals surface area contributed by atoms with Gasteiger partial charge in [-0.25, -0.2) is 4.79 Å². The maximum atomic E-state index is 11.3. The third-order valence-electron chi connectivity index (χ3n) is 2.25. The summed E-state index contributed by atoms with van der Waals surface area (Å²) < 4.78 is 0.